The average molecular weight is 269 g/mol. The third-order valence-electron chi connectivity index (χ3n) is 3.03. The smallest absolute Gasteiger partial charge is 0.251 e. The quantitative estimate of drug-likeness (QED) is 0.847. The Labute approximate surface area is 119 Å². The molecule has 0 saturated carbocycles. The molecule has 0 fully saturated rings. The van der Waals surface area contributed by atoms with Gasteiger partial charge in [0, 0.05) is 5.56 Å². The summed E-state index contributed by atoms with van der Waals surface area (Å²) in [6, 6.07) is 15.4. The molecule has 1 N–H and O–H groups in total. The molecule has 2 aromatic rings. The van der Waals surface area contributed by atoms with Gasteiger partial charge in [0.2, 0.25) is 0 Å². The summed E-state index contributed by atoms with van der Waals surface area (Å²) in [7, 11) is 0. The van der Waals surface area contributed by atoms with E-state index in [-0.39, 0.29) is 5.91 Å². The number of carbonyl (C=O) groups excluding carboxylic acids is 1. The lowest BCUT2D eigenvalue weighted by molar-refractivity contribution is 0.0946. The number of para-hydroxylation sites is 1. The van der Waals surface area contributed by atoms with E-state index in [0.717, 1.165) is 22.4 Å². The van der Waals surface area contributed by atoms with Gasteiger partial charge in [0.25, 0.3) is 5.91 Å². The molecule has 0 aliphatic carbocycles. The highest BCUT2D eigenvalue weighted by molar-refractivity contribution is 5.95. The van der Waals surface area contributed by atoms with E-state index >= 15 is 0 Å². The van der Waals surface area contributed by atoms with E-state index in [1.54, 1.807) is 0 Å². The molecule has 0 aliphatic heterocycles. The number of rotatable bonds is 5. The lowest BCUT2D eigenvalue weighted by atomic mass is 10.1. The van der Waals surface area contributed by atoms with Crippen molar-refractivity contribution in [3.63, 3.8) is 0 Å². The number of carbonyl (C=O) groups is 1. The number of ether oxygens (including phenoxy) is 1. The zero-order chi connectivity index (χ0) is 14.4. The Balaban J connectivity index is 1.80. The molecule has 0 aromatic heterocycles. The normalized spacial score (nSPS) is 10.1. The molecule has 0 radical (unpaired) electrons. The minimum Gasteiger partial charge on any atom is -0.492 e. The fourth-order valence-corrected chi connectivity index (χ4v) is 2.01. The zero-order valence-electron chi connectivity index (χ0n) is 11.8. The second-order valence-electron chi connectivity index (χ2n) is 4.74. The number of benzene rings is 2. The van der Waals surface area contributed by atoms with E-state index in [1.807, 2.05) is 62.4 Å². The summed E-state index contributed by atoms with van der Waals surface area (Å²) in [5, 5.41) is 2.87. The summed E-state index contributed by atoms with van der Waals surface area (Å²) >= 11 is 0. The molecule has 104 valence electrons. The lowest BCUT2D eigenvalue weighted by Crippen LogP contribution is -2.28. The predicted molar refractivity (Wildman–Crippen MR) is 80.2 cm³/mol. The number of amides is 1. The van der Waals surface area contributed by atoms with Crippen LogP contribution < -0.4 is 10.1 Å². The Morgan fingerprint density at radius 3 is 2.55 bits per heavy atom. The Kier molecular flexibility index (Phi) is 4.77. The van der Waals surface area contributed by atoms with Gasteiger partial charge in [-0.05, 0) is 37.6 Å². The molecule has 0 aliphatic rings. The highest BCUT2D eigenvalue weighted by Crippen LogP contribution is 2.10. The van der Waals surface area contributed by atoms with E-state index in [9.17, 15) is 4.79 Å². The van der Waals surface area contributed by atoms with Crippen molar-refractivity contribution >= 4 is 5.91 Å². The minimum atomic E-state index is -0.0563. The van der Waals surface area contributed by atoms with Crippen molar-refractivity contribution in [1.29, 1.82) is 0 Å². The largest absolute Gasteiger partial charge is 0.492 e. The van der Waals surface area contributed by atoms with Crippen LogP contribution in [0.1, 0.15) is 21.5 Å². The van der Waals surface area contributed by atoms with Crippen LogP contribution in [-0.4, -0.2) is 19.1 Å². The van der Waals surface area contributed by atoms with Crippen LogP contribution in [-0.2, 0) is 0 Å². The molecule has 3 nitrogen and oxygen atoms in total. The number of hydrogen-bond acceptors (Lipinski definition) is 2. The van der Waals surface area contributed by atoms with Crippen LogP contribution in [0.5, 0.6) is 5.75 Å². The third kappa shape index (κ3) is 3.85. The molecule has 0 unspecified atom stereocenters. The van der Waals surface area contributed by atoms with Crippen LogP contribution in [0, 0.1) is 13.8 Å². The summed E-state index contributed by atoms with van der Waals surface area (Å²) in [6.45, 7) is 4.91. The summed E-state index contributed by atoms with van der Waals surface area (Å²) in [6.07, 6.45) is 0. The molecule has 0 heterocycles. The molecule has 3 heteroatoms. The molecule has 0 spiro atoms. The van der Waals surface area contributed by atoms with E-state index in [1.165, 1.54) is 0 Å². The SMILES string of the molecule is Cc1ccc(C(=O)NCCOc2ccccc2)c(C)c1. The second-order valence-corrected chi connectivity index (χ2v) is 4.74. The molecule has 2 rings (SSSR count). The van der Waals surface area contributed by atoms with Gasteiger partial charge in [0.1, 0.15) is 12.4 Å². The Hall–Kier alpha value is -2.29. The fraction of sp³-hybridized carbons (Fsp3) is 0.235. The molecule has 0 atom stereocenters. The molecule has 0 saturated heterocycles. The highest BCUT2D eigenvalue weighted by atomic mass is 16.5. The first kappa shape index (κ1) is 14.1. The topological polar surface area (TPSA) is 38.3 Å². The Morgan fingerprint density at radius 1 is 1.10 bits per heavy atom. The first-order valence-electron chi connectivity index (χ1n) is 6.70. The van der Waals surface area contributed by atoms with Crippen molar-refractivity contribution in [1.82, 2.24) is 5.32 Å². The van der Waals surface area contributed by atoms with E-state index in [0.29, 0.717) is 13.2 Å². The molecule has 2 aromatic carbocycles. The Morgan fingerprint density at radius 2 is 1.85 bits per heavy atom. The van der Waals surface area contributed by atoms with Crippen molar-refractivity contribution in [2.24, 2.45) is 0 Å². The van der Waals surface area contributed by atoms with Crippen molar-refractivity contribution in [3.05, 3.63) is 65.2 Å². The maximum absolute atomic E-state index is 12.0. The van der Waals surface area contributed by atoms with Gasteiger partial charge in [-0.1, -0.05) is 35.9 Å². The maximum atomic E-state index is 12.0. The standard InChI is InChI=1S/C17H19NO2/c1-13-8-9-16(14(2)12-13)17(19)18-10-11-20-15-6-4-3-5-7-15/h3-9,12H,10-11H2,1-2H3,(H,18,19). The molecule has 20 heavy (non-hydrogen) atoms. The van der Waals surface area contributed by atoms with Crippen LogP contribution >= 0.6 is 0 Å². The number of hydrogen-bond donors (Lipinski definition) is 1. The van der Waals surface area contributed by atoms with Crippen LogP contribution in [0.4, 0.5) is 0 Å². The number of nitrogens with one attached hydrogen (secondary N) is 1. The van der Waals surface area contributed by atoms with Gasteiger partial charge in [-0.15, -0.1) is 0 Å². The fourth-order valence-electron chi connectivity index (χ4n) is 2.01. The molecule has 1 amide bonds. The van der Waals surface area contributed by atoms with E-state index in [4.69, 9.17) is 4.74 Å². The summed E-state index contributed by atoms with van der Waals surface area (Å²) in [5.41, 5.74) is 2.87. The third-order valence-corrected chi connectivity index (χ3v) is 3.03. The van der Waals surface area contributed by atoms with Gasteiger partial charge in [-0.3, -0.25) is 4.79 Å². The van der Waals surface area contributed by atoms with Gasteiger partial charge in [-0.2, -0.15) is 0 Å². The summed E-state index contributed by atoms with van der Waals surface area (Å²) in [4.78, 5) is 12.0. The molecule has 0 bridgehead atoms. The zero-order valence-corrected chi connectivity index (χ0v) is 11.8. The van der Waals surface area contributed by atoms with E-state index < -0.39 is 0 Å². The molecular formula is C17H19NO2. The second kappa shape index (κ2) is 6.75. The van der Waals surface area contributed by atoms with Crippen molar-refractivity contribution < 1.29 is 9.53 Å². The van der Waals surface area contributed by atoms with E-state index in [2.05, 4.69) is 5.32 Å². The lowest BCUT2D eigenvalue weighted by Gasteiger charge is -2.09. The van der Waals surface area contributed by atoms with Crippen LogP contribution in [0.15, 0.2) is 48.5 Å². The van der Waals surface area contributed by atoms with Gasteiger partial charge in [-0.25, -0.2) is 0 Å². The van der Waals surface area contributed by atoms with Crippen LogP contribution in [0.25, 0.3) is 0 Å². The minimum absolute atomic E-state index is 0.0563. The summed E-state index contributed by atoms with van der Waals surface area (Å²) < 4.78 is 5.53. The maximum Gasteiger partial charge on any atom is 0.251 e. The van der Waals surface area contributed by atoms with Crippen molar-refractivity contribution in [2.45, 2.75) is 13.8 Å². The first-order chi connectivity index (χ1) is 9.66. The van der Waals surface area contributed by atoms with Gasteiger partial charge in [0.15, 0.2) is 0 Å². The summed E-state index contributed by atoms with van der Waals surface area (Å²) in [5.74, 6) is 0.757. The molecular weight excluding hydrogens is 250 g/mol. The number of aryl methyl sites for hydroxylation is 2. The van der Waals surface area contributed by atoms with Crippen molar-refractivity contribution in [3.8, 4) is 5.75 Å². The highest BCUT2D eigenvalue weighted by Gasteiger charge is 2.07. The van der Waals surface area contributed by atoms with Gasteiger partial charge >= 0.3 is 0 Å². The predicted octanol–water partition coefficient (Wildman–Crippen LogP) is 3.11. The van der Waals surface area contributed by atoms with Crippen LogP contribution in [0.3, 0.4) is 0 Å². The monoisotopic (exact) mass is 269 g/mol. The van der Waals surface area contributed by atoms with Gasteiger partial charge < -0.3 is 10.1 Å². The van der Waals surface area contributed by atoms with Crippen LogP contribution in [0.2, 0.25) is 0 Å². The van der Waals surface area contributed by atoms with Gasteiger partial charge in [0.05, 0.1) is 6.54 Å². The first-order valence-corrected chi connectivity index (χ1v) is 6.70. The average Bonchev–Trinajstić information content (AvgIpc) is 2.44. The van der Waals surface area contributed by atoms with Crippen molar-refractivity contribution in [2.75, 3.05) is 13.2 Å². The Bertz CT molecular complexity index is 579.